The molecule has 102 valence electrons. The maximum absolute atomic E-state index is 6.29. The summed E-state index contributed by atoms with van der Waals surface area (Å²) in [5.74, 6) is 1.41. The Morgan fingerprint density at radius 1 is 1.33 bits per heavy atom. The summed E-state index contributed by atoms with van der Waals surface area (Å²) in [5, 5.41) is 0.761. The quantitative estimate of drug-likeness (QED) is 0.627. The number of ether oxygens (including phenoxy) is 1. The molecule has 18 heavy (non-hydrogen) atoms. The highest BCUT2D eigenvalue weighted by atomic mass is 79.9. The molecule has 0 saturated carbocycles. The molecule has 0 heterocycles. The molecule has 0 aliphatic rings. The molecule has 0 bridgehead atoms. The van der Waals surface area contributed by atoms with Gasteiger partial charge in [-0.15, -0.1) is 0 Å². The molecule has 0 aliphatic heterocycles. The topological polar surface area (TPSA) is 9.23 Å². The number of rotatable bonds is 4. The highest BCUT2D eigenvalue weighted by Crippen LogP contribution is 2.40. The fourth-order valence-corrected chi connectivity index (χ4v) is 3.07. The van der Waals surface area contributed by atoms with Gasteiger partial charge in [-0.05, 0) is 35.4 Å². The summed E-state index contributed by atoms with van der Waals surface area (Å²) in [5.41, 5.74) is 1.44. The van der Waals surface area contributed by atoms with Crippen molar-refractivity contribution in [2.45, 2.75) is 38.9 Å². The minimum absolute atomic E-state index is 0.283. The third-order valence-electron chi connectivity index (χ3n) is 3.58. The zero-order valence-corrected chi connectivity index (χ0v) is 14.1. The van der Waals surface area contributed by atoms with Gasteiger partial charge in [-0.3, -0.25) is 0 Å². The lowest BCUT2D eigenvalue weighted by molar-refractivity contribution is 0.246. The van der Waals surface area contributed by atoms with Crippen molar-refractivity contribution in [3.63, 3.8) is 0 Å². The van der Waals surface area contributed by atoms with Crippen molar-refractivity contribution in [1.82, 2.24) is 0 Å². The molecule has 1 aromatic rings. The van der Waals surface area contributed by atoms with E-state index >= 15 is 0 Å². The maximum Gasteiger partial charge on any atom is 0.120 e. The van der Waals surface area contributed by atoms with E-state index < -0.39 is 0 Å². The van der Waals surface area contributed by atoms with E-state index in [0.717, 1.165) is 22.8 Å². The molecule has 0 spiro atoms. The second-order valence-electron chi connectivity index (χ2n) is 5.86. The van der Waals surface area contributed by atoms with Gasteiger partial charge in [-0.2, -0.15) is 0 Å². The summed E-state index contributed by atoms with van der Waals surface area (Å²) in [4.78, 5) is 0.283. The van der Waals surface area contributed by atoms with Crippen molar-refractivity contribution in [3.05, 3.63) is 28.8 Å². The van der Waals surface area contributed by atoms with E-state index in [4.69, 9.17) is 16.3 Å². The third-order valence-corrected chi connectivity index (χ3v) is 4.78. The average molecular weight is 334 g/mol. The van der Waals surface area contributed by atoms with Crippen molar-refractivity contribution in [3.8, 4) is 5.75 Å². The van der Waals surface area contributed by atoms with Gasteiger partial charge in [0.2, 0.25) is 0 Å². The van der Waals surface area contributed by atoms with Crippen LogP contribution in [-0.4, -0.2) is 7.11 Å². The van der Waals surface area contributed by atoms with Crippen LogP contribution in [0.2, 0.25) is 5.02 Å². The Balaban J connectivity index is 2.81. The van der Waals surface area contributed by atoms with Crippen molar-refractivity contribution < 1.29 is 4.74 Å². The molecule has 1 rings (SSSR count). The molecule has 3 heteroatoms. The summed E-state index contributed by atoms with van der Waals surface area (Å²) in [6.45, 7) is 9.10. The Morgan fingerprint density at radius 2 is 1.94 bits per heavy atom. The summed E-state index contributed by atoms with van der Waals surface area (Å²) in [7, 11) is 1.65. The Morgan fingerprint density at radius 3 is 2.39 bits per heavy atom. The highest BCUT2D eigenvalue weighted by Gasteiger charge is 2.24. The predicted octanol–water partition coefficient (Wildman–Crippen LogP) is 5.86. The Bertz CT molecular complexity index is 398. The van der Waals surface area contributed by atoms with E-state index in [0.29, 0.717) is 11.3 Å². The van der Waals surface area contributed by atoms with Crippen molar-refractivity contribution >= 4 is 27.5 Å². The highest BCUT2D eigenvalue weighted by molar-refractivity contribution is 9.09. The van der Waals surface area contributed by atoms with Crippen molar-refractivity contribution in [1.29, 1.82) is 0 Å². The van der Waals surface area contributed by atoms with Gasteiger partial charge in [-0.25, -0.2) is 0 Å². The molecule has 0 fully saturated rings. The predicted molar refractivity (Wildman–Crippen MR) is 82.9 cm³/mol. The van der Waals surface area contributed by atoms with Crippen LogP contribution in [0.15, 0.2) is 18.2 Å². The maximum atomic E-state index is 6.29. The average Bonchev–Trinajstić information content (AvgIpc) is 2.27. The lowest BCUT2D eigenvalue weighted by atomic mass is 9.79. The summed E-state index contributed by atoms with van der Waals surface area (Å²) < 4.78 is 5.17. The number of hydrogen-bond donors (Lipinski definition) is 0. The van der Waals surface area contributed by atoms with Gasteiger partial charge in [0.25, 0.3) is 0 Å². The summed E-state index contributed by atoms with van der Waals surface area (Å²) in [6, 6.07) is 5.86. The lowest BCUT2D eigenvalue weighted by Gasteiger charge is -2.29. The van der Waals surface area contributed by atoms with Gasteiger partial charge < -0.3 is 4.74 Å². The zero-order chi connectivity index (χ0) is 13.9. The van der Waals surface area contributed by atoms with Crippen LogP contribution >= 0.6 is 27.5 Å². The molecule has 0 aromatic heterocycles. The van der Waals surface area contributed by atoms with Gasteiger partial charge in [0.15, 0.2) is 0 Å². The number of halogens is 2. The smallest absolute Gasteiger partial charge is 0.120 e. The molecule has 0 saturated heterocycles. The van der Waals surface area contributed by atoms with Gasteiger partial charge in [0.05, 0.1) is 7.11 Å². The summed E-state index contributed by atoms with van der Waals surface area (Å²) >= 11 is 10.0. The minimum Gasteiger partial charge on any atom is -0.497 e. The van der Waals surface area contributed by atoms with Crippen molar-refractivity contribution in [2.75, 3.05) is 7.11 Å². The normalized spacial score (nSPS) is 15.3. The standard InChI is InChI=1S/C15H22BrClO/c1-10(15(2,3)4)8-13(16)12-7-6-11(18-5)9-14(12)17/h6-7,9-10,13H,8H2,1-5H3. The zero-order valence-electron chi connectivity index (χ0n) is 11.8. The van der Waals surface area contributed by atoms with Crippen LogP contribution in [0.5, 0.6) is 5.75 Å². The van der Waals surface area contributed by atoms with Gasteiger partial charge in [0.1, 0.15) is 5.75 Å². The Hall–Kier alpha value is -0.210. The van der Waals surface area contributed by atoms with Crippen LogP contribution in [0.25, 0.3) is 0 Å². The third kappa shape index (κ3) is 4.17. The largest absolute Gasteiger partial charge is 0.497 e. The first-order valence-electron chi connectivity index (χ1n) is 6.23. The summed E-state index contributed by atoms with van der Waals surface area (Å²) in [6.07, 6.45) is 1.07. The minimum atomic E-state index is 0.283. The fraction of sp³-hybridized carbons (Fsp3) is 0.600. The first-order valence-corrected chi connectivity index (χ1v) is 7.52. The second kappa shape index (κ2) is 6.29. The van der Waals surface area contributed by atoms with Crippen LogP contribution in [-0.2, 0) is 0 Å². The van der Waals surface area contributed by atoms with Crippen LogP contribution in [0, 0.1) is 11.3 Å². The van der Waals surface area contributed by atoms with E-state index in [1.807, 2.05) is 18.2 Å². The molecule has 2 atom stereocenters. The van der Waals surface area contributed by atoms with Gasteiger partial charge in [0, 0.05) is 9.85 Å². The van der Waals surface area contributed by atoms with Gasteiger partial charge in [-0.1, -0.05) is 61.3 Å². The Kier molecular flexibility index (Phi) is 5.54. The van der Waals surface area contributed by atoms with Crippen LogP contribution in [0.4, 0.5) is 0 Å². The van der Waals surface area contributed by atoms with Crippen LogP contribution in [0.1, 0.15) is 44.5 Å². The lowest BCUT2D eigenvalue weighted by Crippen LogP contribution is -2.18. The molecule has 1 aromatic carbocycles. The number of hydrogen-bond acceptors (Lipinski definition) is 1. The first kappa shape index (κ1) is 15.8. The van der Waals surface area contributed by atoms with E-state index in [-0.39, 0.29) is 4.83 Å². The molecule has 0 N–H and O–H groups in total. The fourth-order valence-electron chi connectivity index (χ4n) is 1.68. The number of benzene rings is 1. The number of methoxy groups -OCH3 is 1. The molecule has 0 radical (unpaired) electrons. The SMILES string of the molecule is COc1ccc(C(Br)CC(C)C(C)(C)C)c(Cl)c1. The van der Waals surface area contributed by atoms with Crippen LogP contribution < -0.4 is 4.74 Å². The van der Waals surface area contributed by atoms with Gasteiger partial charge >= 0.3 is 0 Å². The molecular weight excluding hydrogens is 312 g/mol. The molecular formula is C15H22BrClO. The number of alkyl halides is 1. The Labute approximate surface area is 124 Å². The molecule has 2 unspecified atom stereocenters. The monoisotopic (exact) mass is 332 g/mol. The molecule has 0 amide bonds. The van der Waals surface area contributed by atoms with Crippen molar-refractivity contribution in [2.24, 2.45) is 11.3 Å². The second-order valence-corrected chi connectivity index (χ2v) is 7.37. The van der Waals surface area contributed by atoms with E-state index in [1.165, 1.54) is 0 Å². The first-order chi connectivity index (χ1) is 8.25. The van der Waals surface area contributed by atoms with E-state index in [2.05, 4.69) is 43.6 Å². The molecule has 0 aliphatic carbocycles. The molecule has 1 nitrogen and oxygen atoms in total. The van der Waals surface area contributed by atoms with E-state index in [1.54, 1.807) is 7.11 Å². The van der Waals surface area contributed by atoms with E-state index in [9.17, 15) is 0 Å². The van der Waals surface area contributed by atoms with Crippen LogP contribution in [0.3, 0.4) is 0 Å².